The maximum Gasteiger partial charge on any atom is 0.293 e. The summed E-state index contributed by atoms with van der Waals surface area (Å²) in [5.74, 6) is 0.674. The molecule has 1 fully saturated rings. The number of carbonyl (C=O) groups excluding carboxylic acids is 2. The Balaban J connectivity index is 1.85. The van der Waals surface area contributed by atoms with Gasteiger partial charge in [-0.05, 0) is 77.4 Å². The van der Waals surface area contributed by atoms with Gasteiger partial charge >= 0.3 is 0 Å². The van der Waals surface area contributed by atoms with Crippen LogP contribution in [0.1, 0.15) is 25.0 Å². The topological polar surface area (TPSA) is 55.8 Å². The molecule has 1 aliphatic heterocycles. The number of halogens is 3. The molecule has 1 heterocycles. The van der Waals surface area contributed by atoms with E-state index < -0.39 is 0 Å². The van der Waals surface area contributed by atoms with Crippen molar-refractivity contribution in [2.45, 2.75) is 26.5 Å². The molecule has 5 nitrogen and oxygen atoms in total. The van der Waals surface area contributed by atoms with E-state index in [0.29, 0.717) is 36.5 Å². The van der Waals surface area contributed by atoms with Crippen LogP contribution >= 0.6 is 50.9 Å². The predicted octanol–water partition coefficient (Wildman–Crippen LogP) is 6.79. The molecule has 0 aliphatic carbocycles. The van der Waals surface area contributed by atoms with E-state index >= 15 is 0 Å². The molecule has 2 amide bonds. The molecule has 0 N–H and O–H groups in total. The van der Waals surface area contributed by atoms with E-state index in [2.05, 4.69) is 15.9 Å². The van der Waals surface area contributed by atoms with Crippen LogP contribution in [-0.4, -0.2) is 29.2 Å². The minimum Gasteiger partial charge on any atom is -0.493 e. The van der Waals surface area contributed by atoms with Crippen molar-refractivity contribution in [3.05, 3.63) is 60.9 Å². The van der Waals surface area contributed by atoms with Gasteiger partial charge in [0.15, 0.2) is 11.5 Å². The lowest BCUT2D eigenvalue weighted by molar-refractivity contribution is -0.123. The standard InChI is InChI=1S/C21H18BrCl2NO4S/c1-11(2)25-20(26)18(30-21(25)27)8-12-6-15(22)19(17(7-12)28-3)29-10-13-4-5-14(23)9-16(13)24/h4-9,11H,10H2,1-3H3/b18-8+. The van der Waals surface area contributed by atoms with Gasteiger partial charge in [0.2, 0.25) is 0 Å². The van der Waals surface area contributed by atoms with Crippen LogP contribution in [0.3, 0.4) is 0 Å². The lowest BCUT2D eigenvalue weighted by Crippen LogP contribution is -2.34. The van der Waals surface area contributed by atoms with Crippen LogP contribution in [0.4, 0.5) is 4.79 Å². The number of amides is 2. The zero-order chi connectivity index (χ0) is 22.0. The summed E-state index contributed by atoms with van der Waals surface area (Å²) in [7, 11) is 1.53. The fourth-order valence-electron chi connectivity index (χ4n) is 2.83. The van der Waals surface area contributed by atoms with Crippen LogP contribution in [0.5, 0.6) is 11.5 Å². The summed E-state index contributed by atoms with van der Waals surface area (Å²) in [5.41, 5.74) is 1.48. The van der Waals surface area contributed by atoms with Gasteiger partial charge in [0.05, 0.1) is 16.5 Å². The number of nitrogens with zero attached hydrogens (tertiary/aromatic N) is 1. The maximum absolute atomic E-state index is 12.5. The Morgan fingerprint density at radius 1 is 1.20 bits per heavy atom. The Bertz CT molecular complexity index is 1040. The molecule has 2 aromatic carbocycles. The van der Waals surface area contributed by atoms with Crippen LogP contribution in [0.15, 0.2) is 39.7 Å². The molecule has 0 atom stereocenters. The second kappa shape index (κ2) is 9.64. The summed E-state index contributed by atoms with van der Waals surface area (Å²) in [6.45, 7) is 3.83. The molecule has 30 heavy (non-hydrogen) atoms. The summed E-state index contributed by atoms with van der Waals surface area (Å²) in [4.78, 5) is 26.2. The summed E-state index contributed by atoms with van der Waals surface area (Å²) in [5, 5.41) is 0.788. The van der Waals surface area contributed by atoms with E-state index in [4.69, 9.17) is 32.7 Å². The lowest BCUT2D eigenvalue weighted by atomic mass is 10.1. The average molecular weight is 531 g/mol. The zero-order valence-corrected chi connectivity index (χ0v) is 20.3. The highest BCUT2D eigenvalue weighted by Crippen LogP contribution is 2.40. The van der Waals surface area contributed by atoms with Gasteiger partial charge in [0.25, 0.3) is 11.1 Å². The number of hydrogen-bond acceptors (Lipinski definition) is 5. The van der Waals surface area contributed by atoms with E-state index in [1.54, 1.807) is 50.3 Å². The third-order valence-corrected chi connectivity index (χ3v) is 6.34. The SMILES string of the molecule is COc1cc(/C=C2/SC(=O)N(C(C)C)C2=O)cc(Br)c1OCc1ccc(Cl)cc1Cl. The highest BCUT2D eigenvalue weighted by atomic mass is 79.9. The van der Waals surface area contributed by atoms with E-state index in [0.717, 1.165) is 17.3 Å². The number of benzene rings is 2. The van der Waals surface area contributed by atoms with Gasteiger partial charge in [-0.25, -0.2) is 0 Å². The fourth-order valence-corrected chi connectivity index (χ4v) is 4.83. The number of methoxy groups -OCH3 is 1. The van der Waals surface area contributed by atoms with Crippen molar-refractivity contribution in [3.63, 3.8) is 0 Å². The quantitative estimate of drug-likeness (QED) is 0.385. The van der Waals surface area contributed by atoms with Crippen LogP contribution in [0.25, 0.3) is 6.08 Å². The number of carbonyl (C=O) groups is 2. The van der Waals surface area contributed by atoms with Crippen LogP contribution in [-0.2, 0) is 11.4 Å². The first-order valence-corrected chi connectivity index (χ1v) is 11.3. The van der Waals surface area contributed by atoms with Gasteiger partial charge in [-0.15, -0.1) is 0 Å². The van der Waals surface area contributed by atoms with Gasteiger partial charge in [0, 0.05) is 21.7 Å². The molecule has 0 saturated carbocycles. The normalized spacial score (nSPS) is 15.4. The second-order valence-electron chi connectivity index (χ2n) is 6.70. The molecule has 158 valence electrons. The molecule has 0 spiro atoms. The van der Waals surface area contributed by atoms with Crippen molar-refractivity contribution in [3.8, 4) is 11.5 Å². The van der Waals surface area contributed by atoms with Gasteiger partial charge in [0.1, 0.15) is 6.61 Å². The van der Waals surface area contributed by atoms with Gasteiger partial charge < -0.3 is 9.47 Å². The van der Waals surface area contributed by atoms with Crippen molar-refractivity contribution >= 4 is 68.1 Å². The Morgan fingerprint density at radius 3 is 2.53 bits per heavy atom. The molecule has 1 aliphatic rings. The second-order valence-corrected chi connectivity index (χ2v) is 9.40. The van der Waals surface area contributed by atoms with E-state index in [-0.39, 0.29) is 23.8 Å². The van der Waals surface area contributed by atoms with Crippen molar-refractivity contribution in [2.24, 2.45) is 0 Å². The minimum absolute atomic E-state index is 0.194. The van der Waals surface area contributed by atoms with Gasteiger partial charge in [-0.2, -0.15) is 0 Å². The van der Waals surface area contributed by atoms with E-state index in [1.165, 1.54) is 12.0 Å². The van der Waals surface area contributed by atoms with Gasteiger partial charge in [-0.1, -0.05) is 29.3 Å². The van der Waals surface area contributed by atoms with Crippen molar-refractivity contribution in [1.29, 1.82) is 0 Å². The molecular formula is C21H18BrCl2NO4S. The number of rotatable bonds is 6. The first-order chi connectivity index (χ1) is 14.2. The summed E-state index contributed by atoms with van der Waals surface area (Å²) in [6, 6.07) is 8.54. The Hall–Kier alpha value is -1.67. The Morgan fingerprint density at radius 2 is 1.93 bits per heavy atom. The first-order valence-electron chi connectivity index (χ1n) is 8.92. The fraction of sp³-hybridized carbons (Fsp3) is 0.238. The van der Waals surface area contributed by atoms with Crippen LogP contribution in [0.2, 0.25) is 10.0 Å². The Kier molecular flexibility index (Phi) is 7.39. The molecule has 2 aromatic rings. The minimum atomic E-state index is -0.298. The predicted molar refractivity (Wildman–Crippen MR) is 124 cm³/mol. The molecule has 0 unspecified atom stereocenters. The largest absolute Gasteiger partial charge is 0.493 e. The van der Waals surface area contributed by atoms with Crippen molar-refractivity contribution in [2.75, 3.05) is 7.11 Å². The van der Waals surface area contributed by atoms with Crippen LogP contribution in [0, 0.1) is 0 Å². The highest BCUT2D eigenvalue weighted by Gasteiger charge is 2.36. The molecular weight excluding hydrogens is 513 g/mol. The smallest absolute Gasteiger partial charge is 0.293 e. The number of imide groups is 1. The van der Waals surface area contributed by atoms with Crippen molar-refractivity contribution in [1.82, 2.24) is 4.90 Å². The summed E-state index contributed by atoms with van der Waals surface area (Å²) in [6.07, 6.45) is 1.67. The average Bonchev–Trinajstić information content (AvgIpc) is 2.95. The third-order valence-electron chi connectivity index (χ3n) is 4.28. The van der Waals surface area contributed by atoms with E-state index in [9.17, 15) is 9.59 Å². The highest BCUT2D eigenvalue weighted by molar-refractivity contribution is 9.10. The molecule has 0 bridgehead atoms. The summed E-state index contributed by atoms with van der Waals surface area (Å²) >= 11 is 16.6. The van der Waals surface area contributed by atoms with Crippen molar-refractivity contribution < 1.29 is 19.1 Å². The lowest BCUT2D eigenvalue weighted by Gasteiger charge is -2.16. The molecule has 3 rings (SSSR count). The molecule has 0 radical (unpaired) electrons. The molecule has 9 heteroatoms. The molecule has 0 aromatic heterocycles. The zero-order valence-electron chi connectivity index (χ0n) is 16.4. The monoisotopic (exact) mass is 529 g/mol. The van der Waals surface area contributed by atoms with Gasteiger partial charge in [-0.3, -0.25) is 14.5 Å². The summed E-state index contributed by atoms with van der Waals surface area (Å²) < 4.78 is 12.0. The third kappa shape index (κ3) is 4.97. The Labute approximate surface area is 197 Å². The van der Waals surface area contributed by atoms with Crippen LogP contribution < -0.4 is 9.47 Å². The first kappa shape index (κ1) is 23.0. The number of thioether (sulfide) groups is 1. The number of ether oxygens (including phenoxy) is 2. The number of hydrogen-bond donors (Lipinski definition) is 0. The maximum atomic E-state index is 12.5. The molecule has 1 saturated heterocycles. The van der Waals surface area contributed by atoms with E-state index in [1.807, 2.05) is 0 Å².